The van der Waals surface area contributed by atoms with Gasteiger partial charge in [-0.25, -0.2) is 5.48 Å². The van der Waals surface area contributed by atoms with Crippen molar-refractivity contribution in [1.29, 1.82) is 0 Å². The van der Waals surface area contributed by atoms with Crippen LogP contribution >= 0.6 is 0 Å². The van der Waals surface area contributed by atoms with Gasteiger partial charge < -0.3 is 10.2 Å². The smallest absolute Gasteiger partial charge is 0.243 e. The van der Waals surface area contributed by atoms with Crippen LogP contribution in [0.4, 0.5) is 5.69 Å². The Morgan fingerprint density at radius 3 is 2.45 bits per heavy atom. The first-order chi connectivity index (χ1) is 9.61. The van der Waals surface area contributed by atoms with Crippen LogP contribution in [-0.4, -0.2) is 42.1 Å². The van der Waals surface area contributed by atoms with Crippen molar-refractivity contribution in [3.63, 3.8) is 0 Å². The van der Waals surface area contributed by atoms with Gasteiger partial charge in [-0.15, -0.1) is 0 Å². The standard InChI is InChI=1S/C14H21N3O3/c1-17(10-5-8-14(19)16-20)11-9-13(18)15-12-6-3-2-4-7-12/h2-4,6-7,20H,5,8-11H2,1H3,(H,15,18)(H,16,19). The highest BCUT2D eigenvalue weighted by Crippen LogP contribution is 2.05. The molecule has 1 rings (SSSR count). The zero-order valence-corrected chi connectivity index (χ0v) is 11.6. The van der Waals surface area contributed by atoms with Crippen LogP contribution in [0.15, 0.2) is 30.3 Å². The number of rotatable bonds is 8. The van der Waals surface area contributed by atoms with Crippen LogP contribution in [0.5, 0.6) is 0 Å². The highest BCUT2D eigenvalue weighted by Gasteiger charge is 2.06. The molecule has 1 aromatic rings. The average Bonchev–Trinajstić information content (AvgIpc) is 2.46. The lowest BCUT2D eigenvalue weighted by molar-refractivity contribution is -0.129. The minimum Gasteiger partial charge on any atom is -0.326 e. The summed E-state index contributed by atoms with van der Waals surface area (Å²) in [6, 6.07) is 9.32. The molecule has 0 radical (unpaired) electrons. The summed E-state index contributed by atoms with van der Waals surface area (Å²) >= 11 is 0. The number of hydrogen-bond acceptors (Lipinski definition) is 4. The molecule has 3 N–H and O–H groups in total. The van der Waals surface area contributed by atoms with Gasteiger partial charge in [-0.1, -0.05) is 18.2 Å². The number of hydrogen-bond donors (Lipinski definition) is 3. The Hall–Kier alpha value is -1.92. The van der Waals surface area contributed by atoms with Crippen molar-refractivity contribution in [3.8, 4) is 0 Å². The van der Waals surface area contributed by atoms with E-state index in [1.54, 1.807) is 5.48 Å². The molecule has 0 saturated heterocycles. The van der Waals surface area contributed by atoms with Gasteiger partial charge in [-0.05, 0) is 32.1 Å². The van der Waals surface area contributed by atoms with Crippen LogP contribution in [0.1, 0.15) is 19.3 Å². The fourth-order valence-electron chi connectivity index (χ4n) is 1.71. The van der Waals surface area contributed by atoms with Crippen LogP contribution in [-0.2, 0) is 9.59 Å². The maximum atomic E-state index is 11.7. The summed E-state index contributed by atoms with van der Waals surface area (Å²) < 4.78 is 0. The maximum absolute atomic E-state index is 11.7. The molecule has 0 heterocycles. The molecule has 6 heteroatoms. The maximum Gasteiger partial charge on any atom is 0.243 e. The number of nitrogens with one attached hydrogen (secondary N) is 2. The predicted molar refractivity (Wildman–Crippen MR) is 76.3 cm³/mol. The predicted octanol–water partition coefficient (Wildman–Crippen LogP) is 1.23. The lowest BCUT2D eigenvalue weighted by Crippen LogP contribution is -2.26. The van der Waals surface area contributed by atoms with Crippen molar-refractivity contribution in [2.45, 2.75) is 19.3 Å². The average molecular weight is 279 g/mol. The zero-order chi connectivity index (χ0) is 14.8. The van der Waals surface area contributed by atoms with Gasteiger partial charge >= 0.3 is 0 Å². The number of hydroxylamine groups is 1. The minimum absolute atomic E-state index is 0.0313. The van der Waals surface area contributed by atoms with Gasteiger partial charge in [-0.2, -0.15) is 0 Å². The first-order valence-electron chi connectivity index (χ1n) is 6.58. The van der Waals surface area contributed by atoms with Crippen molar-refractivity contribution < 1.29 is 14.8 Å². The molecular formula is C14H21N3O3. The Balaban J connectivity index is 2.15. The Morgan fingerprint density at radius 1 is 1.10 bits per heavy atom. The molecule has 0 bridgehead atoms. The Labute approximate surface area is 118 Å². The summed E-state index contributed by atoms with van der Waals surface area (Å²) in [5, 5.41) is 11.2. The van der Waals surface area contributed by atoms with E-state index in [4.69, 9.17) is 5.21 Å². The topological polar surface area (TPSA) is 81.7 Å². The lowest BCUT2D eigenvalue weighted by Gasteiger charge is -2.15. The summed E-state index contributed by atoms with van der Waals surface area (Å²) in [5.41, 5.74) is 2.39. The Bertz CT molecular complexity index is 423. The Kier molecular flexibility index (Phi) is 7.31. The van der Waals surface area contributed by atoms with Crippen LogP contribution in [0.25, 0.3) is 0 Å². The molecule has 0 aliphatic rings. The van der Waals surface area contributed by atoms with E-state index < -0.39 is 0 Å². The first-order valence-corrected chi connectivity index (χ1v) is 6.58. The molecule has 0 aliphatic carbocycles. The normalized spacial score (nSPS) is 10.3. The van der Waals surface area contributed by atoms with Gasteiger partial charge in [0.2, 0.25) is 11.8 Å². The van der Waals surface area contributed by atoms with E-state index in [1.807, 2.05) is 42.3 Å². The van der Waals surface area contributed by atoms with Gasteiger partial charge in [0.15, 0.2) is 0 Å². The second kappa shape index (κ2) is 9.06. The number of para-hydroxylation sites is 1. The first kappa shape index (κ1) is 16.1. The van der Waals surface area contributed by atoms with Crippen LogP contribution in [0.3, 0.4) is 0 Å². The second-order valence-electron chi connectivity index (χ2n) is 4.61. The summed E-state index contributed by atoms with van der Waals surface area (Å²) in [7, 11) is 1.90. The SMILES string of the molecule is CN(CCCC(=O)NO)CCC(=O)Nc1ccccc1. The third-order valence-corrected chi connectivity index (χ3v) is 2.85. The van der Waals surface area contributed by atoms with Crippen molar-refractivity contribution >= 4 is 17.5 Å². The highest BCUT2D eigenvalue weighted by atomic mass is 16.5. The van der Waals surface area contributed by atoms with E-state index in [-0.39, 0.29) is 18.2 Å². The molecule has 0 atom stereocenters. The Morgan fingerprint density at radius 2 is 1.80 bits per heavy atom. The molecule has 0 unspecified atom stereocenters. The molecular weight excluding hydrogens is 258 g/mol. The van der Waals surface area contributed by atoms with E-state index in [9.17, 15) is 9.59 Å². The number of anilines is 1. The zero-order valence-electron chi connectivity index (χ0n) is 11.6. The molecule has 1 aromatic carbocycles. The molecule has 2 amide bonds. The molecule has 20 heavy (non-hydrogen) atoms. The monoisotopic (exact) mass is 279 g/mol. The van der Waals surface area contributed by atoms with Gasteiger partial charge in [0.05, 0.1) is 0 Å². The molecule has 0 spiro atoms. The molecule has 110 valence electrons. The number of nitrogens with zero attached hydrogens (tertiary/aromatic N) is 1. The number of amides is 2. The van der Waals surface area contributed by atoms with Gasteiger partial charge in [0.1, 0.15) is 0 Å². The van der Waals surface area contributed by atoms with Crippen LogP contribution in [0, 0.1) is 0 Å². The number of benzene rings is 1. The van der Waals surface area contributed by atoms with Crippen LogP contribution < -0.4 is 10.8 Å². The third kappa shape index (κ3) is 6.86. The quantitative estimate of drug-likeness (QED) is 0.494. The van der Waals surface area contributed by atoms with E-state index >= 15 is 0 Å². The highest BCUT2D eigenvalue weighted by molar-refractivity contribution is 5.90. The summed E-state index contributed by atoms with van der Waals surface area (Å²) in [5.74, 6) is -0.420. The van der Waals surface area contributed by atoms with Crippen molar-refractivity contribution in [2.24, 2.45) is 0 Å². The second-order valence-corrected chi connectivity index (χ2v) is 4.61. The molecule has 6 nitrogen and oxygen atoms in total. The van der Waals surface area contributed by atoms with Crippen LogP contribution in [0.2, 0.25) is 0 Å². The van der Waals surface area contributed by atoms with Gasteiger partial charge in [0, 0.05) is 25.1 Å². The van der Waals surface area contributed by atoms with Gasteiger partial charge in [-0.3, -0.25) is 14.8 Å². The summed E-state index contributed by atoms with van der Waals surface area (Å²) in [6.45, 7) is 1.32. The fraction of sp³-hybridized carbons (Fsp3) is 0.429. The summed E-state index contributed by atoms with van der Waals surface area (Å²) in [4.78, 5) is 24.5. The van der Waals surface area contributed by atoms with E-state index in [0.717, 1.165) is 5.69 Å². The molecule has 0 aliphatic heterocycles. The molecule has 0 fully saturated rings. The van der Waals surface area contributed by atoms with E-state index in [1.165, 1.54) is 0 Å². The molecule has 0 saturated carbocycles. The fourth-order valence-corrected chi connectivity index (χ4v) is 1.71. The van der Waals surface area contributed by atoms with E-state index in [2.05, 4.69) is 5.32 Å². The number of carbonyl (C=O) groups excluding carboxylic acids is 2. The third-order valence-electron chi connectivity index (χ3n) is 2.85. The van der Waals surface area contributed by atoms with Crippen molar-refractivity contribution in [2.75, 3.05) is 25.5 Å². The molecule has 0 aromatic heterocycles. The lowest BCUT2D eigenvalue weighted by atomic mass is 10.2. The van der Waals surface area contributed by atoms with Crippen molar-refractivity contribution in [3.05, 3.63) is 30.3 Å². The summed E-state index contributed by atoms with van der Waals surface area (Å²) in [6.07, 6.45) is 1.32. The minimum atomic E-state index is -0.389. The largest absolute Gasteiger partial charge is 0.326 e. The number of carbonyl (C=O) groups is 2. The van der Waals surface area contributed by atoms with E-state index in [0.29, 0.717) is 25.9 Å². The van der Waals surface area contributed by atoms with Crippen molar-refractivity contribution in [1.82, 2.24) is 10.4 Å². The van der Waals surface area contributed by atoms with Gasteiger partial charge in [0.25, 0.3) is 0 Å².